The molecule has 0 aliphatic heterocycles. The van der Waals surface area contributed by atoms with Crippen molar-refractivity contribution in [1.82, 2.24) is 4.31 Å². The molecule has 106 valence electrons. The Labute approximate surface area is 115 Å². The fourth-order valence-electron chi connectivity index (χ4n) is 2.18. The first-order valence-corrected chi connectivity index (χ1v) is 8.11. The second kappa shape index (κ2) is 5.61. The Bertz CT molecular complexity index is 535. The molecule has 1 fully saturated rings. The van der Waals surface area contributed by atoms with E-state index in [1.165, 1.54) is 0 Å². The molecule has 0 aromatic heterocycles. The molecule has 0 atom stereocenters. The normalized spacial score (nSPS) is 16.3. The lowest BCUT2D eigenvalue weighted by Crippen LogP contribution is -2.36. The monoisotopic (exact) mass is 283 g/mol. The van der Waals surface area contributed by atoms with Crippen LogP contribution in [0.3, 0.4) is 0 Å². The summed E-state index contributed by atoms with van der Waals surface area (Å²) in [5, 5.41) is 9.32. The average molecular weight is 283 g/mol. The maximum Gasteiger partial charge on any atom is 0.243 e. The van der Waals surface area contributed by atoms with E-state index in [1.807, 2.05) is 13.8 Å². The Hall–Kier alpha value is -0.910. The molecule has 4 nitrogen and oxygen atoms in total. The first kappa shape index (κ1) is 14.5. The fourth-order valence-corrected chi connectivity index (χ4v) is 4.24. The van der Waals surface area contributed by atoms with Gasteiger partial charge in [-0.25, -0.2) is 8.42 Å². The third kappa shape index (κ3) is 3.16. The molecule has 1 saturated carbocycles. The number of rotatable bonds is 6. The summed E-state index contributed by atoms with van der Waals surface area (Å²) in [6.45, 7) is 4.31. The Kier molecular flexibility index (Phi) is 4.28. The highest BCUT2D eigenvalue weighted by Crippen LogP contribution is 2.33. The van der Waals surface area contributed by atoms with Crippen LogP contribution in [0.25, 0.3) is 0 Å². The highest BCUT2D eigenvalue weighted by Gasteiger charge is 2.38. The zero-order valence-corrected chi connectivity index (χ0v) is 12.2. The molecule has 1 N–H and O–H groups in total. The maximum atomic E-state index is 12.7. The zero-order valence-electron chi connectivity index (χ0n) is 11.4. The number of aliphatic hydroxyl groups is 1. The lowest BCUT2D eigenvalue weighted by Gasteiger charge is -2.24. The second-order valence-corrected chi connectivity index (χ2v) is 7.32. The molecule has 0 radical (unpaired) electrons. The zero-order chi connectivity index (χ0) is 14.0. The Morgan fingerprint density at radius 2 is 1.95 bits per heavy atom. The van der Waals surface area contributed by atoms with Crippen LogP contribution < -0.4 is 0 Å². The van der Waals surface area contributed by atoms with E-state index in [1.54, 1.807) is 28.6 Å². The number of hydrogen-bond acceptors (Lipinski definition) is 3. The van der Waals surface area contributed by atoms with Gasteiger partial charge in [-0.1, -0.05) is 32.0 Å². The van der Waals surface area contributed by atoms with E-state index in [0.717, 1.165) is 12.8 Å². The molecule has 0 unspecified atom stereocenters. The third-order valence-electron chi connectivity index (χ3n) is 3.23. The summed E-state index contributed by atoms with van der Waals surface area (Å²) in [4.78, 5) is 0.241. The summed E-state index contributed by atoms with van der Waals surface area (Å²) in [6, 6.07) is 6.82. The van der Waals surface area contributed by atoms with Gasteiger partial charge in [0, 0.05) is 12.6 Å². The smallest absolute Gasteiger partial charge is 0.243 e. The number of hydrogen-bond donors (Lipinski definition) is 1. The van der Waals surface area contributed by atoms with Gasteiger partial charge in [-0.3, -0.25) is 0 Å². The van der Waals surface area contributed by atoms with E-state index >= 15 is 0 Å². The third-order valence-corrected chi connectivity index (χ3v) is 5.25. The van der Waals surface area contributed by atoms with Gasteiger partial charge in [-0.2, -0.15) is 4.31 Å². The predicted octanol–water partition coefficient (Wildman–Crippen LogP) is 1.99. The SMILES string of the molecule is CC(C)CN(C1CC1)S(=O)(=O)c1ccccc1CO. The lowest BCUT2D eigenvalue weighted by atomic mass is 10.2. The minimum Gasteiger partial charge on any atom is -0.392 e. The van der Waals surface area contributed by atoms with Gasteiger partial charge in [0.1, 0.15) is 0 Å². The highest BCUT2D eigenvalue weighted by molar-refractivity contribution is 7.89. The van der Waals surface area contributed by atoms with Crippen LogP contribution in [0.4, 0.5) is 0 Å². The molecule has 0 amide bonds. The number of benzene rings is 1. The second-order valence-electron chi connectivity index (χ2n) is 5.47. The van der Waals surface area contributed by atoms with Gasteiger partial charge in [0.25, 0.3) is 0 Å². The van der Waals surface area contributed by atoms with E-state index in [2.05, 4.69) is 0 Å². The minimum atomic E-state index is -3.50. The molecule has 0 bridgehead atoms. The van der Waals surface area contributed by atoms with Crippen LogP contribution in [0.1, 0.15) is 32.3 Å². The predicted molar refractivity (Wildman–Crippen MR) is 74.1 cm³/mol. The van der Waals surface area contributed by atoms with Crippen LogP contribution in [0.15, 0.2) is 29.2 Å². The van der Waals surface area contributed by atoms with E-state index in [9.17, 15) is 13.5 Å². The molecule has 1 aromatic carbocycles. The Morgan fingerprint density at radius 1 is 1.32 bits per heavy atom. The van der Waals surface area contributed by atoms with E-state index in [-0.39, 0.29) is 23.5 Å². The summed E-state index contributed by atoms with van der Waals surface area (Å²) in [5.74, 6) is 0.289. The topological polar surface area (TPSA) is 57.6 Å². The van der Waals surface area contributed by atoms with Crippen molar-refractivity contribution in [2.45, 2.75) is 44.2 Å². The van der Waals surface area contributed by atoms with Gasteiger partial charge in [0.15, 0.2) is 0 Å². The first-order chi connectivity index (χ1) is 8.96. The molecule has 19 heavy (non-hydrogen) atoms. The quantitative estimate of drug-likeness (QED) is 0.868. The summed E-state index contributed by atoms with van der Waals surface area (Å²) >= 11 is 0. The summed E-state index contributed by atoms with van der Waals surface area (Å²) in [6.07, 6.45) is 1.88. The molecular formula is C14H21NO3S. The van der Waals surface area contributed by atoms with Crippen molar-refractivity contribution in [3.63, 3.8) is 0 Å². The molecule has 0 spiro atoms. The fraction of sp³-hybridized carbons (Fsp3) is 0.571. The van der Waals surface area contributed by atoms with Crippen LogP contribution in [0, 0.1) is 5.92 Å². The van der Waals surface area contributed by atoms with E-state index in [0.29, 0.717) is 12.1 Å². The number of sulfonamides is 1. The highest BCUT2D eigenvalue weighted by atomic mass is 32.2. The van der Waals surface area contributed by atoms with Crippen LogP contribution in [-0.2, 0) is 16.6 Å². The average Bonchev–Trinajstić information content (AvgIpc) is 3.19. The van der Waals surface area contributed by atoms with Gasteiger partial charge in [0.2, 0.25) is 10.0 Å². The van der Waals surface area contributed by atoms with Crippen LogP contribution in [0.2, 0.25) is 0 Å². The van der Waals surface area contributed by atoms with Gasteiger partial charge < -0.3 is 5.11 Å². The van der Waals surface area contributed by atoms with Gasteiger partial charge in [0.05, 0.1) is 11.5 Å². The summed E-state index contributed by atoms with van der Waals surface area (Å²) < 4.78 is 27.1. The number of nitrogens with zero attached hydrogens (tertiary/aromatic N) is 1. The molecule has 1 aliphatic carbocycles. The van der Waals surface area contributed by atoms with Crippen molar-refractivity contribution in [1.29, 1.82) is 0 Å². The molecule has 0 saturated heterocycles. The van der Waals surface area contributed by atoms with Crippen molar-refractivity contribution in [2.24, 2.45) is 5.92 Å². The van der Waals surface area contributed by atoms with E-state index < -0.39 is 10.0 Å². The van der Waals surface area contributed by atoms with Gasteiger partial charge in [-0.15, -0.1) is 0 Å². The van der Waals surface area contributed by atoms with Crippen molar-refractivity contribution < 1.29 is 13.5 Å². The molecule has 1 aromatic rings. The minimum absolute atomic E-state index is 0.138. The first-order valence-electron chi connectivity index (χ1n) is 6.67. The van der Waals surface area contributed by atoms with Crippen LogP contribution in [0.5, 0.6) is 0 Å². The van der Waals surface area contributed by atoms with E-state index in [4.69, 9.17) is 0 Å². The summed E-state index contributed by atoms with van der Waals surface area (Å²) in [5.41, 5.74) is 0.469. The maximum absolute atomic E-state index is 12.7. The standard InChI is InChI=1S/C14H21NO3S/c1-11(2)9-15(13-7-8-13)19(17,18)14-6-4-3-5-12(14)10-16/h3-6,11,13,16H,7-10H2,1-2H3. The van der Waals surface area contributed by atoms with Crippen molar-refractivity contribution >= 4 is 10.0 Å². The number of aliphatic hydroxyl groups excluding tert-OH is 1. The van der Waals surface area contributed by atoms with Crippen molar-refractivity contribution in [3.8, 4) is 0 Å². The molecule has 1 aliphatic rings. The molecule has 2 rings (SSSR count). The van der Waals surface area contributed by atoms with Crippen molar-refractivity contribution in [2.75, 3.05) is 6.54 Å². The lowest BCUT2D eigenvalue weighted by molar-refractivity contribution is 0.277. The van der Waals surface area contributed by atoms with Crippen molar-refractivity contribution in [3.05, 3.63) is 29.8 Å². The molecule has 0 heterocycles. The van der Waals surface area contributed by atoms with Gasteiger partial charge >= 0.3 is 0 Å². The molecule has 5 heteroatoms. The largest absolute Gasteiger partial charge is 0.392 e. The van der Waals surface area contributed by atoms with Crippen LogP contribution >= 0.6 is 0 Å². The summed E-state index contributed by atoms with van der Waals surface area (Å²) in [7, 11) is -3.50. The van der Waals surface area contributed by atoms with Gasteiger partial charge in [-0.05, 0) is 30.4 Å². The Morgan fingerprint density at radius 3 is 2.47 bits per heavy atom. The molecular weight excluding hydrogens is 262 g/mol. The van der Waals surface area contributed by atoms with Crippen LogP contribution in [-0.4, -0.2) is 30.4 Å². The Balaban J connectivity index is 2.39.